The highest BCUT2D eigenvalue weighted by Gasteiger charge is 2.36. The SMILES string of the molecule is CC(=CCCC1(C)OCC(C)(C)CO1)CCCC(C)C. The Morgan fingerprint density at radius 1 is 1.15 bits per heavy atom. The van der Waals surface area contributed by atoms with E-state index in [0.717, 1.165) is 32.0 Å². The van der Waals surface area contributed by atoms with Crippen molar-refractivity contribution in [2.75, 3.05) is 13.2 Å². The molecule has 0 amide bonds. The molecule has 118 valence electrons. The third-order valence-electron chi connectivity index (χ3n) is 3.98. The molecule has 1 aliphatic rings. The highest BCUT2D eigenvalue weighted by Crippen LogP contribution is 2.32. The molecule has 0 unspecified atom stereocenters. The minimum Gasteiger partial charge on any atom is -0.350 e. The molecule has 20 heavy (non-hydrogen) atoms. The van der Waals surface area contributed by atoms with Crippen molar-refractivity contribution in [2.45, 2.75) is 79.4 Å². The maximum absolute atomic E-state index is 5.92. The fourth-order valence-corrected chi connectivity index (χ4v) is 2.40. The van der Waals surface area contributed by atoms with E-state index in [1.165, 1.54) is 24.8 Å². The fraction of sp³-hybridized carbons (Fsp3) is 0.889. The van der Waals surface area contributed by atoms with Crippen LogP contribution in [0.15, 0.2) is 11.6 Å². The standard InChI is InChI=1S/C18H34O2/c1-15(2)9-7-10-16(3)11-8-12-18(6)19-13-17(4,5)14-20-18/h11,15H,7-10,12-14H2,1-6H3. The predicted octanol–water partition coefficient (Wildman–Crippen LogP) is 5.33. The summed E-state index contributed by atoms with van der Waals surface area (Å²) in [6, 6.07) is 0. The summed E-state index contributed by atoms with van der Waals surface area (Å²) in [7, 11) is 0. The van der Waals surface area contributed by atoms with Gasteiger partial charge < -0.3 is 9.47 Å². The van der Waals surface area contributed by atoms with Crippen LogP contribution in [0, 0.1) is 11.3 Å². The van der Waals surface area contributed by atoms with Crippen LogP contribution in [0.4, 0.5) is 0 Å². The van der Waals surface area contributed by atoms with E-state index in [9.17, 15) is 0 Å². The van der Waals surface area contributed by atoms with Gasteiger partial charge in [-0.2, -0.15) is 0 Å². The lowest BCUT2D eigenvalue weighted by Crippen LogP contribution is -2.45. The first-order chi connectivity index (χ1) is 9.22. The first kappa shape index (κ1) is 17.7. The van der Waals surface area contributed by atoms with Gasteiger partial charge in [-0.3, -0.25) is 0 Å². The maximum Gasteiger partial charge on any atom is 0.165 e. The summed E-state index contributed by atoms with van der Waals surface area (Å²) < 4.78 is 11.8. The Morgan fingerprint density at radius 2 is 1.75 bits per heavy atom. The van der Waals surface area contributed by atoms with Gasteiger partial charge in [0.1, 0.15) is 0 Å². The monoisotopic (exact) mass is 282 g/mol. The first-order valence-corrected chi connectivity index (χ1v) is 8.16. The van der Waals surface area contributed by atoms with Crippen LogP contribution in [0.2, 0.25) is 0 Å². The minimum absolute atomic E-state index is 0.155. The Kier molecular flexibility index (Phi) is 6.74. The summed E-state index contributed by atoms with van der Waals surface area (Å²) in [6.07, 6.45) is 8.21. The molecule has 0 aromatic carbocycles. The van der Waals surface area contributed by atoms with Crippen molar-refractivity contribution >= 4 is 0 Å². The second-order valence-electron chi connectivity index (χ2n) is 7.75. The van der Waals surface area contributed by atoms with E-state index in [2.05, 4.69) is 47.6 Å². The van der Waals surface area contributed by atoms with Crippen molar-refractivity contribution in [2.24, 2.45) is 11.3 Å². The van der Waals surface area contributed by atoms with E-state index in [0.29, 0.717) is 0 Å². The molecule has 0 aliphatic carbocycles. The molecule has 2 nitrogen and oxygen atoms in total. The molecule has 1 rings (SSSR count). The lowest BCUT2D eigenvalue weighted by Gasteiger charge is -2.41. The number of hydrogen-bond donors (Lipinski definition) is 0. The van der Waals surface area contributed by atoms with Gasteiger partial charge in [-0.1, -0.05) is 45.8 Å². The average Bonchev–Trinajstić information content (AvgIpc) is 2.33. The molecule has 1 fully saturated rings. The highest BCUT2D eigenvalue weighted by atomic mass is 16.7. The van der Waals surface area contributed by atoms with Crippen molar-refractivity contribution < 1.29 is 9.47 Å². The van der Waals surface area contributed by atoms with Gasteiger partial charge in [-0.25, -0.2) is 0 Å². The Bertz CT molecular complexity index is 305. The minimum atomic E-state index is -0.385. The van der Waals surface area contributed by atoms with Crippen LogP contribution in [-0.2, 0) is 9.47 Å². The molecule has 0 bridgehead atoms. The van der Waals surface area contributed by atoms with Crippen molar-refractivity contribution in [1.29, 1.82) is 0 Å². The van der Waals surface area contributed by atoms with E-state index in [-0.39, 0.29) is 11.2 Å². The van der Waals surface area contributed by atoms with Crippen LogP contribution in [-0.4, -0.2) is 19.0 Å². The lowest BCUT2D eigenvalue weighted by atomic mass is 9.94. The first-order valence-electron chi connectivity index (χ1n) is 8.16. The van der Waals surface area contributed by atoms with Gasteiger partial charge in [0.15, 0.2) is 5.79 Å². The van der Waals surface area contributed by atoms with Gasteiger partial charge in [0.25, 0.3) is 0 Å². The summed E-state index contributed by atoms with van der Waals surface area (Å²) in [5, 5.41) is 0. The van der Waals surface area contributed by atoms with Gasteiger partial charge in [0, 0.05) is 11.8 Å². The zero-order valence-electron chi connectivity index (χ0n) is 14.4. The maximum atomic E-state index is 5.92. The Labute approximate surface area is 125 Å². The zero-order valence-corrected chi connectivity index (χ0v) is 14.4. The molecule has 0 aromatic rings. The summed E-state index contributed by atoms with van der Waals surface area (Å²) in [4.78, 5) is 0. The molecule has 0 atom stereocenters. The van der Waals surface area contributed by atoms with E-state index in [4.69, 9.17) is 9.47 Å². The predicted molar refractivity (Wildman–Crippen MR) is 85.8 cm³/mol. The molecule has 2 heteroatoms. The number of rotatable bonds is 7. The van der Waals surface area contributed by atoms with Crippen LogP contribution in [0.5, 0.6) is 0 Å². The number of allylic oxidation sites excluding steroid dienone is 2. The molecular weight excluding hydrogens is 248 g/mol. The normalized spacial score (nSPS) is 22.2. The topological polar surface area (TPSA) is 18.5 Å². The summed E-state index contributed by atoms with van der Waals surface area (Å²) >= 11 is 0. The van der Waals surface area contributed by atoms with E-state index < -0.39 is 0 Å². The Hall–Kier alpha value is -0.340. The molecule has 1 saturated heterocycles. The zero-order chi connectivity index (χ0) is 15.2. The molecule has 1 aliphatic heterocycles. The Balaban J connectivity index is 2.25. The van der Waals surface area contributed by atoms with Crippen molar-refractivity contribution in [1.82, 2.24) is 0 Å². The van der Waals surface area contributed by atoms with Gasteiger partial charge in [-0.15, -0.1) is 0 Å². The second kappa shape index (κ2) is 7.61. The largest absolute Gasteiger partial charge is 0.350 e. The number of ether oxygens (including phenoxy) is 2. The van der Waals surface area contributed by atoms with Crippen LogP contribution >= 0.6 is 0 Å². The molecule has 0 saturated carbocycles. The van der Waals surface area contributed by atoms with Gasteiger partial charge >= 0.3 is 0 Å². The lowest BCUT2D eigenvalue weighted by molar-refractivity contribution is -0.291. The molecular formula is C18H34O2. The van der Waals surface area contributed by atoms with Gasteiger partial charge in [-0.05, 0) is 39.0 Å². The van der Waals surface area contributed by atoms with Crippen LogP contribution in [0.1, 0.15) is 73.6 Å². The van der Waals surface area contributed by atoms with Crippen molar-refractivity contribution in [3.8, 4) is 0 Å². The van der Waals surface area contributed by atoms with Gasteiger partial charge in [0.2, 0.25) is 0 Å². The molecule has 0 radical (unpaired) electrons. The van der Waals surface area contributed by atoms with Crippen LogP contribution in [0.3, 0.4) is 0 Å². The van der Waals surface area contributed by atoms with E-state index in [1.807, 2.05) is 0 Å². The smallest absolute Gasteiger partial charge is 0.165 e. The third kappa shape index (κ3) is 6.90. The van der Waals surface area contributed by atoms with Crippen molar-refractivity contribution in [3.63, 3.8) is 0 Å². The summed E-state index contributed by atoms with van der Waals surface area (Å²) in [5.74, 6) is 0.429. The molecule has 0 spiro atoms. The van der Waals surface area contributed by atoms with Crippen molar-refractivity contribution in [3.05, 3.63) is 11.6 Å². The van der Waals surface area contributed by atoms with Gasteiger partial charge in [0.05, 0.1) is 13.2 Å². The molecule has 0 N–H and O–H groups in total. The quantitative estimate of drug-likeness (QED) is 0.588. The third-order valence-corrected chi connectivity index (χ3v) is 3.98. The highest BCUT2D eigenvalue weighted by molar-refractivity contribution is 4.98. The van der Waals surface area contributed by atoms with Crippen LogP contribution in [0.25, 0.3) is 0 Å². The summed E-state index contributed by atoms with van der Waals surface area (Å²) in [5.41, 5.74) is 1.66. The Morgan fingerprint density at radius 3 is 2.30 bits per heavy atom. The average molecular weight is 282 g/mol. The molecule has 1 heterocycles. The number of hydrogen-bond acceptors (Lipinski definition) is 2. The molecule has 0 aromatic heterocycles. The van der Waals surface area contributed by atoms with E-state index in [1.54, 1.807) is 0 Å². The fourth-order valence-electron chi connectivity index (χ4n) is 2.40. The van der Waals surface area contributed by atoms with E-state index >= 15 is 0 Å². The second-order valence-corrected chi connectivity index (χ2v) is 7.75. The summed E-state index contributed by atoms with van der Waals surface area (Å²) in [6.45, 7) is 14.9. The van der Waals surface area contributed by atoms with Crippen LogP contribution < -0.4 is 0 Å².